The number of nitrogens with one attached hydrogen (secondary N) is 2. The second-order valence-corrected chi connectivity index (χ2v) is 5.36. The van der Waals surface area contributed by atoms with Crippen LogP contribution in [0.25, 0.3) is 0 Å². The summed E-state index contributed by atoms with van der Waals surface area (Å²) >= 11 is 0. The first-order chi connectivity index (χ1) is 8.92. The van der Waals surface area contributed by atoms with E-state index in [1.807, 2.05) is 44.2 Å². The van der Waals surface area contributed by atoms with Gasteiger partial charge >= 0.3 is 6.03 Å². The summed E-state index contributed by atoms with van der Waals surface area (Å²) in [7, 11) is 0. The number of carbonyl (C=O) groups is 1. The second kappa shape index (κ2) is 7.14. The second-order valence-electron chi connectivity index (χ2n) is 5.36. The summed E-state index contributed by atoms with van der Waals surface area (Å²) in [4.78, 5) is 11.6. The van der Waals surface area contributed by atoms with Crippen molar-refractivity contribution in [2.45, 2.75) is 32.8 Å². The molecular weight excluding hydrogens is 240 g/mol. The normalized spacial score (nSPS) is 13.9. The van der Waals surface area contributed by atoms with Crippen molar-refractivity contribution in [3.63, 3.8) is 0 Å². The molecule has 1 unspecified atom stereocenters. The number of hydrogen-bond donors (Lipinski definition) is 3. The van der Waals surface area contributed by atoms with Crippen molar-refractivity contribution in [2.75, 3.05) is 13.1 Å². The quantitative estimate of drug-likeness (QED) is 0.735. The molecule has 0 aromatic heterocycles. The molecule has 0 saturated carbocycles. The van der Waals surface area contributed by atoms with Crippen LogP contribution in [0.4, 0.5) is 4.79 Å². The molecule has 19 heavy (non-hydrogen) atoms. The summed E-state index contributed by atoms with van der Waals surface area (Å²) in [5.74, 6) is 0.0946. The van der Waals surface area contributed by atoms with E-state index in [9.17, 15) is 9.90 Å². The molecule has 0 saturated heterocycles. The number of benzene rings is 1. The Morgan fingerprint density at radius 3 is 2.47 bits per heavy atom. The average Bonchev–Trinajstić information content (AvgIpc) is 2.37. The van der Waals surface area contributed by atoms with Crippen molar-refractivity contribution in [1.82, 2.24) is 10.6 Å². The molecule has 4 nitrogen and oxygen atoms in total. The van der Waals surface area contributed by atoms with Crippen LogP contribution in [0.2, 0.25) is 0 Å². The van der Waals surface area contributed by atoms with E-state index in [4.69, 9.17) is 0 Å². The van der Waals surface area contributed by atoms with Crippen molar-refractivity contribution in [1.29, 1.82) is 0 Å². The highest BCUT2D eigenvalue weighted by molar-refractivity contribution is 5.73. The van der Waals surface area contributed by atoms with Crippen LogP contribution in [0, 0.1) is 5.92 Å². The summed E-state index contributed by atoms with van der Waals surface area (Å²) in [5, 5.41) is 15.5. The van der Waals surface area contributed by atoms with E-state index in [0.29, 0.717) is 6.54 Å². The SMILES string of the molecule is CC(C)C(C)(O)CNC(=O)NCCc1ccccc1. The molecule has 0 aliphatic heterocycles. The zero-order chi connectivity index (χ0) is 14.3. The van der Waals surface area contributed by atoms with Crippen LogP contribution in [0.1, 0.15) is 26.3 Å². The lowest BCUT2D eigenvalue weighted by Crippen LogP contribution is -2.47. The van der Waals surface area contributed by atoms with Gasteiger partial charge < -0.3 is 15.7 Å². The summed E-state index contributed by atoms with van der Waals surface area (Å²) in [6.45, 7) is 6.41. The van der Waals surface area contributed by atoms with Gasteiger partial charge in [-0.15, -0.1) is 0 Å². The zero-order valence-electron chi connectivity index (χ0n) is 11.9. The highest BCUT2D eigenvalue weighted by Gasteiger charge is 2.25. The molecular formula is C15H24N2O2. The molecule has 0 fully saturated rings. The van der Waals surface area contributed by atoms with Gasteiger partial charge in [-0.2, -0.15) is 0 Å². The van der Waals surface area contributed by atoms with Gasteiger partial charge in [-0.05, 0) is 24.8 Å². The minimum Gasteiger partial charge on any atom is -0.388 e. The molecule has 0 radical (unpaired) electrons. The van der Waals surface area contributed by atoms with Gasteiger partial charge in [0.15, 0.2) is 0 Å². The fourth-order valence-corrected chi connectivity index (χ4v) is 1.49. The molecule has 1 aromatic rings. The molecule has 3 N–H and O–H groups in total. The van der Waals surface area contributed by atoms with Gasteiger partial charge in [-0.1, -0.05) is 44.2 Å². The van der Waals surface area contributed by atoms with Crippen molar-refractivity contribution in [3.8, 4) is 0 Å². The van der Waals surface area contributed by atoms with Crippen molar-refractivity contribution in [3.05, 3.63) is 35.9 Å². The molecule has 4 heteroatoms. The third-order valence-corrected chi connectivity index (χ3v) is 3.39. The number of hydrogen-bond acceptors (Lipinski definition) is 2. The van der Waals surface area contributed by atoms with E-state index in [-0.39, 0.29) is 18.5 Å². The Hall–Kier alpha value is -1.55. The van der Waals surface area contributed by atoms with Gasteiger partial charge in [0.1, 0.15) is 0 Å². The Morgan fingerprint density at radius 1 is 1.26 bits per heavy atom. The third-order valence-electron chi connectivity index (χ3n) is 3.39. The Balaban J connectivity index is 2.22. The van der Waals surface area contributed by atoms with Gasteiger partial charge in [0, 0.05) is 13.1 Å². The summed E-state index contributed by atoms with van der Waals surface area (Å²) in [6, 6.07) is 9.76. The van der Waals surface area contributed by atoms with Crippen LogP contribution < -0.4 is 10.6 Å². The Labute approximate surface area is 115 Å². The minimum absolute atomic E-state index is 0.0946. The number of urea groups is 1. The standard InChI is InChI=1S/C15H24N2O2/c1-12(2)15(3,19)11-17-14(18)16-10-9-13-7-5-4-6-8-13/h4-8,12,19H,9-11H2,1-3H3,(H2,16,17,18). The summed E-state index contributed by atoms with van der Waals surface area (Å²) in [6.07, 6.45) is 0.800. The van der Waals surface area contributed by atoms with Gasteiger partial charge in [-0.25, -0.2) is 4.79 Å². The molecule has 0 bridgehead atoms. The highest BCUT2D eigenvalue weighted by atomic mass is 16.3. The molecule has 0 spiro atoms. The number of carbonyl (C=O) groups excluding carboxylic acids is 1. The van der Waals surface area contributed by atoms with Gasteiger partial charge in [0.05, 0.1) is 5.60 Å². The van der Waals surface area contributed by atoms with Gasteiger partial charge in [0.2, 0.25) is 0 Å². The minimum atomic E-state index is -0.878. The van der Waals surface area contributed by atoms with Crippen LogP contribution in [0.3, 0.4) is 0 Å². The number of aliphatic hydroxyl groups is 1. The molecule has 1 aromatic carbocycles. The van der Waals surface area contributed by atoms with E-state index in [2.05, 4.69) is 10.6 Å². The van der Waals surface area contributed by atoms with E-state index >= 15 is 0 Å². The molecule has 0 aliphatic carbocycles. The lowest BCUT2D eigenvalue weighted by Gasteiger charge is -2.27. The maximum absolute atomic E-state index is 11.6. The van der Waals surface area contributed by atoms with Gasteiger partial charge in [-0.3, -0.25) is 0 Å². The highest BCUT2D eigenvalue weighted by Crippen LogP contribution is 2.14. The van der Waals surface area contributed by atoms with Crippen LogP contribution in [0.5, 0.6) is 0 Å². The first-order valence-corrected chi connectivity index (χ1v) is 6.70. The van der Waals surface area contributed by atoms with E-state index < -0.39 is 5.60 Å². The van der Waals surface area contributed by atoms with Crippen LogP contribution >= 0.6 is 0 Å². The first kappa shape index (κ1) is 15.5. The monoisotopic (exact) mass is 264 g/mol. The molecule has 2 amide bonds. The molecule has 0 heterocycles. The van der Waals surface area contributed by atoms with Crippen LogP contribution in [0.15, 0.2) is 30.3 Å². The predicted molar refractivity (Wildman–Crippen MR) is 77.0 cm³/mol. The largest absolute Gasteiger partial charge is 0.388 e. The smallest absolute Gasteiger partial charge is 0.314 e. The maximum atomic E-state index is 11.6. The van der Waals surface area contributed by atoms with E-state index in [0.717, 1.165) is 6.42 Å². The number of amides is 2. The van der Waals surface area contributed by atoms with E-state index in [1.165, 1.54) is 5.56 Å². The van der Waals surface area contributed by atoms with Crippen molar-refractivity contribution in [2.24, 2.45) is 5.92 Å². The van der Waals surface area contributed by atoms with Gasteiger partial charge in [0.25, 0.3) is 0 Å². The zero-order valence-corrected chi connectivity index (χ0v) is 11.9. The van der Waals surface area contributed by atoms with E-state index in [1.54, 1.807) is 6.92 Å². The maximum Gasteiger partial charge on any atom is 0.314 e. The van der Waals surface area contributed by atoms with Crippen molar-refractivity contribution >= 4 is 6.03 Å². The Morgan fingerprint density at radius 2 is 1.89 bits per heavy atom. The van der Waals surface area contributed by atoms with Crippen molar-refractivity contribution < 1.29 is 9.90 Å². The van der Waals surface area contributed by atoms with Crippen LogP contribution in [-0.4, -0.2) is 29.8 Å². The Bertz CT molecular complexity index is 388. The Kier molecular flexibility index (Phi) is 5.83. The lowest BCUT2D eigenvalue weighted by atomic mass is 9.93. The molecule has 1 atom stereocenters. The summed E-state index contributed by atoms with van der Waals surface area (Å²) in [5.41, 5.74) is 0.313. The molecule has 106 valence electrons. The third kappa shape index (κ3) is 5.75. The first-order valence-electron chi connectivity index (χ1n) is 6.70. The topological polar surface area (TPSA) is 61.4 Å². The fraction of sp³-hybridized carbons (Fsp3) is 0.533. The predicted octanol–water partition coefficient (Wildman–Crippen LogP) is 1.94. The summed E-state index contributed by atoms with van der Waals surface area (Å²) < 4.78 is 0. The number of rotatable bonds is 6. The molecule has 1 rings (SSSR count). The molecule has 0 aliphatic rings. The fourth-order valence-electron chi connectivity index (χ4n) is 1.49. The lowest BCUT2D eigenvalue weighted by molar-refractivity contribution is 0.0166. The van der Waals surface area contributed by atoms with Crippen LogP contribution in [-0.2, 0) is 6.42 Å². The average molecular weight is 264 g/mol.